The molecular weight excluding hydrogens is 614 g/mol. The normalized spacial score (nSPS) is 23.8. The van der Waals surface area contributed by atoms with E-state index in [1.165, 1.54) is 11.8 Å². The fourth-order valence-corrected chi connectivity index (χ4v) is 6.55. The van der Waals surface area contributed by atoms with Gasteiger partial charge in [-0.3, -0.25) is 9.88 Å². The van der Waals surface area contributed by atoms with Gasteiger partial charge < -0.3 is 14.6 Å². The highest BCUT2D eigenvalue weighted by molar-refractivity contribution is 5.75. The van der Waals surface area contributed by atoms with E-state index in [-0.39, 0.29) is 30.6 Å². The number of hydrogen-bond acceptors (Lipinski definition) is 5. The molecule has 3 fully saturated rings. The number of carbonyl (C=O) groups excluding carboxylic acids is 1. The number of benzene rings is 2. The molecule has 1 amide bonds. The maximum Gasteiger partial charge on any atom is 0.416 e. The van der Waals surface area contributed by atoms with Gasteiger partial charge in [-0.05, 0) is 98.9 Å². The molecule has 1 N–H and O–H groups in total. The number of aliphatic hydroxyl groups is 1. The van der Waals surface area contributed by atoms with Gasteiger partial charge in [0.1, 0.15) is 11.9 Å². The highest BCUT2D eigenvalue weighted by Gasteiger charge is 2.44. The Balaban J connectivity index is 1.36. The lowest BCUT2D eigenvalue weighted by molar-refractivity contribution is -0.143. The number of carbonyl (C=O) groups is 1. The SMILES string of the molecule is COc1ccc([C@H]2CC[C@H](O)CC2)cc1-c1ccc(C2CC2)nc1CN1C(=O)O[C@H](c2cc(C(F)(F)F)cc(C(F)(F)F)c2)[C@@H]1C. The topological polar surface area (TPSA) is 71.9 Å². The molecule has 2 aromatic carbocycles. The van der Waals surface area contributed by atoms with E-state index >= 15 is 0 Å². The van der Waals surface area contributed by atoms with Crippen LogP contribution in [0, 0.1) is 0 Å². The van der Waals surface area contributed by atoms with E-state index in [1.807, 2.05) is 30.3 Å². The van der Waals surface area contributed by atoms with Gasteiger partial charge in [-0.15, -0.1) is 0 Å². The summed E-state index contributed by atoms with van der Waals surface area (Å²) in [5.41, 5.74) is 0.555. The van der Waals surface area contributed by atoms with Crippen LogP contribution in [0.3, 0.4) is 0 Å². The van der Waals surface area contributed by atoms with Gasteiger partial charge in [0.2, 0.25) is 0 Å². The molecule has 0 spiro atoms. The number of ether oxygens (including phenoxy) is 2. The lowest BCUT2D eigenvalue weighted by Gasteiger charge is -2.27. The molecule has 2 saturated carbocycles. The summed E-state index contributed by atoms with van der Waals surface area (Å²) in [5, 5.41) is 10.00. The van der Waals surface area contributed by atoms with Crippen molar-refractivity contribution in [3.05, 3.63) is 82.2 Å². The van der Waals surface area contributed by atoms with Crippen LogP contribution in [0.4, 0.5) is 31.1 Å². The second-order valence-corrected chi connectivity index (χ2v) is 12.5. The summed E-state index contributed by atoms with van der Waals surface area (Å²) >= 11 is 0. The first kappa shape index (κ1) is 32.2. The fraction of sp³-hybridized carbons (Fsp3) is 0.471. The van der Waals surface area contributed by atoms with E-state index in [0.717, 1.165) is 42.5 Å². The van der Waals surface area contributed by atoms with Crippen LogP contribution >= 0.6 is 0 Å². The molecule has 2 atom stereocenters. The summed E-state index contributed by atoms with van der Waals surface area (Å²) in [6.07, 6.45) is -7.57. The van der Waals surface area contributed by atoms with E-state index in [2.05, 4.69) is 0 Å². The zero-order chi connectivity index (χ0) is 33.0. The van der Waals surface area contributed by atoms with Crippen molar-refractivity contribution >= 4 is 6.09 Å². The number of cyclic esters (lactones) is 1. The Bertz CT molecular complexity index is 1580. The van der Waals surface area contributed by atoms with E-state index in [0.29, 0.717) is 42.0 Å². The van der Waals surface area contributed by atoms with Gasteiger partial charge in [0.25, 0.3) is 0 Å². The maximum absolute atomic E-state index is 13.6. The smallest absolute Gasteiger partial charge is 0.416 e. The molecule has 46 heavy (non-hydrogen) atoms. The molecule has 0 bridgehead atoms. The lowest BCUT2D eigenvalue weighted by Crippen LogP contribution is -2.32. The van der Waals surface area contributed by atoms with Crippen LogP contribution in [0.1, 0.15) is 97.0 Å². The Morgan fingerprint density at radius 1 is 0.848 bits per heavy atom. The standard InChI is InChI=1S/C34H34F6N2O4/c1-18-31(22-13-23(33(35,36)37)16-24(14-22)34(38,39)40)46-32(44)42(18)17-29-26(10-11-28(41-29)20-3-4-20)27-15-21(7-12-30(27)45-2)19-5-8-25(43)9-6-19/h7,10-16,18-20,25,31,43H,3-6,8-9,17H2,1-2H3/t18-,19-,25-,31-/m0/s1. The van der Waals surface area contributed by atoms with E-state index in [4.69, 9.17) is 14.5 Å². The largest absolute Gasteiger partial charge is 0.496 e. The fourth-order valence-electron chi connectivity index (χ4n) is 6.55. The number of alkyl halides is 6. The monoisotopic (exact) mass is 648 g/mol. The van der Waals surface area contributed by atoms with Gasteiger partial charge in [-0.25, -0.2) is 4.79 Å². The molecule has 1 saturated heterocycles. The number of methoxy groups -OCH3 is 1. The number of rotatable bonds is 7. The number of aliphatic hydroxyl groups excluding tert-OH is 1. The molecule has 246 valence electrons. The Labute approximate surface area is 262 Å². The molecule has 0 radical (unpaired) electrons. The number of hydrogen-bond donors (Lipinski definition) is 1. The Hall–Kier alpha value is -3.80. The average molecular weight is 649 g/mol. The minimum atomic E-state index is -5.03. The number of amides is 1. The van der Waals surface area contributed by atoms with Crippen LogP contribution in [0.2, 0.25) is 0 Å². The van der Waals surface area contributed by atoms with Crippen molar-refractivity contribution in [2.45, 2.75) is 94.4 Å². The molecule has 1 aliphatic heterocycles. The highest BCUT2D eigenvalue weighted by atomic mass is 19.4. The summed E-state index contributed by atoms with van der Waals surface area (Å²) in [6.45, 7) is 1.45. The molecule has 2 heterocycles. The van der Waals surface area contributed by atoms with Crippen molar-refractivity contribution in [1.82, 2.24) is 9.88 Å². The molecule has 0 unspecified atom stereocenters. The van der Waals surface area contributed by atoms with Gasteiger partial charge in [0, 0.05) is 22.7 Å². The summed E-state index contributed by atoms with van der Waals surface area (Å²) in [4.78, 5) is 19.4. The minimum absolute atomic E-state index is 0.0548. The molecule has 3 aliphatic rings. The quantitative estimate of drug-likeness (QED) is 0.260. The van der Waals surface area contributed by atoms with E-state index in [1.54, 1.807) is 7.11 Å². The number of aromatic nitrogens is 1. The third-order valence-corrected chi connectivity index (χ3v) is 9.32. The molecule has 12 heteroatoms. The summed E-state index contributed by atoms with van der Waals surface area (Å²) in [6, 6.07) is 10.1. The molecule has 3 aromatic rings. The molecule has 6 nitrogen and oxygen atoms in total. The zero-order valence-electron chi connectivity index (χ0n) is 25.3. The van der Waals surface area contributed by atoms with Crippen molar-refractivity contribution in [3.63, 3.8) is 0 Å². The Morgan fingerprint density at radius 3 is 2.07 bits per heavy atom. The Kier molecular flexibility index (Phi) is 8.45. The van der Waals surface area contributed by atoms with Gasteiger partial charge in [-0.1, -0.05) is 12.1 Å². The minimum Gasteiger partial charge on any atom is -0.496 e. The van der Waals surface area contributed by atoms with Crippen molar-refractivity contribution in [3.8, 4) is 16.9 Å². The first-order chi connectivity index (χ1) is 21.7. The van der Waals surface area contributed by atoms with Crippen LogP contribution in [0.15, 0.2) is 48.5 Å². The van der Waals surface area contributed by atoms with Crippen LogP contribution in [0.5, 0.6) is 5.75 Å². The third-order valence-electron chi connectivity index (χ3n) is 9.32. The zero-order valence-corrected chi connectivity index (χ0v) is 25.3. The molecular formula is C34H34F6N2O4. The van der Waals surface area contributed by atoms with Crippen molar-refractivity contribution in [2.24, 2.45) is 0 Å². The van der Waals surface area contributed by atoms with Gasteiger partial charge in [0.15, 0.2) is 0 Å². The van der Waals surface area contributed by atoms with Crippen LogP contribution in [0.25, 0.3) is 11.1 Å². The number of pyridine rings is 1. The highest BCUT2D eigenvalue weighted by Crippen LogP contribution is 2.44. The molecule has 1 aromatic heterocycles. The lowest BCUT2D eigenvalue weighted by atomic mass is 9.82. The summed E-state index contributed by atoms with van der Waals surface area (Å²) in [5.74, 6) is 1.11. The van der Waals surface area contributed by atoms with Crippen molar-refractivity contribution in [2.75, 3.05) is 7.11 Å². The third kappa shape index (κ3) is 6.54. The van der Waals surface area contributed by atoms with Crippen LogP contribution < -0.4 is 4.74 Å². The second-order valence-electron chi connectivity index (χ2n) is 12.5. The van der Waals surface area contributed by atoms with E-state index < -0.39 is 47.3 Å². The van der Waals surface area contributed by atoms with Gasteiger partial charge in [0.05, 0.1) is 42.6 Å². The first-order valence-corrected chi connectivity index (χ1v) is 15.4. The van der Waals surface area contributed by atoms with Crippen molar-refractivity contribution in [1.29, 1.82) is 0 Å². The first-order valence-electron chi connectivity index (χ1n) is 15.4. The number of halogens is 6. The second kappa shape index (κ2) is 12.1. The van der Waals surface area contributed by atoms with Gasteiger partial charge >= 0.3 is 18.4 Å². The summed E-state index contributed by atoms with van der Waals surface area (Å²) < 4.78 is 92.7. The average Bonchev–Trinajstić information content (AvgIpc) is 3.83. The predicted molar refractivity (Wildman–Crippen MR) is 156 cm³/mol. The number of nitrogens with zero attached hydrogens (tertiary/aromatic N) is 2. The Morgan fingerprint density at radius 2 is 1.48 bits per heavy atom. The predicted octanol–water partition coefficient (Wildman–Crippen LogP) is 8.77. The molecule has 2 aliphatic carbocycles. The maximum atomic E-state index is 13.6. The van der Waals surface area contributed by atoms with Gasteiger partial charge in [-0.2, -0.15) is 26.3 Å². The van der Waals surface area contributed by atoms with E-state index in [9.17, 15) is 36.2 Å². The summed E-state index contributed by atoms with van der Waals surface area (Å²) in [7, 11) is 1.55. The van der Waals surface area contributed by atoms with Crippen LogP contribution in [-0.4, -0.2) is 40.3 Å². The van der Waals surface area contributed by atoms with Crippen molar-refractivity contribution < 1.29 is 45.7 Å². The van der Waals surface area contributed by atoms with Crippen LogP contribution in [-0.2, 0) is 23.6 Å². The molecule has 6 rings (SSSR count).